The van der Waals surface area contributed by atoms with Gasteiger partial charge in [0.25, 0.3) is 5.91 Å². The molecule has 1 aliphatic carbocycles. The normalized spacial score (nSPS) is 24.8. The molecule has 1 aromatic carbocycles. The zero-order valence-electron chi connectivity index (χ0n) is 19.1. The molecule has 0 bridgehead atoms. The average Bonchev–Trinajstić information content (AvgIpc) is 3.12. The molecule has 0 unspecified atom stereocenters. The number of amides is 2. The van der Waals surface area contributed by atoms with Crippen LogP contribution in [0.15, 0.2) is 24.3 Å². The molecule has 2 heterocycles. The molecule has 10 heteroatoms. The number of hydrogen-bond acceptors (Lipinski definition) is 5. The van der Waals surface area contributed by atoms with E-state index in [-0.39, 0.29) is 29.5 Å². The first-order valence-corrected chi connectivity index (χ1v) is 11.6. The Balaban J connectivity index is 1.28. The molecule has 2 amide bonds. The van der Waals surface area contributed by atoms with Crippen molar-refractivity contribution in [2.75, 3.05) is 33.3 Å². The number of carbonyl (C=O) groups excluding carboxylic acids is 3. The number of likely N-dealkylation sites (tertiary alicyclic amines) is 1. The summed E-state index contributed by atoms with van der Waals surface area (Å²) in [5.74, 6) is -0.252. The van der Waals surface area contributed by atoms with E-state index < -0.39 is 17.3 Å². The molecular formula is C24H29F3N2O5. The van der Waals surface area contributed by atoms with Gasteiger partial charge in [-0.05, 0) is 55.9 Å². The number of piperidine rings is 1. The molecule has 1 spiro atoms. The number of carbonyl (C=O) groups is 3. The van der Waals surface area contributed by atoms with Gasteiger partial charge in [-0.15, -0.1) is 0 Å². The SMILES string of the molecule is COC(=O)[C@H]1CC[C@H](CN2CC3(CCN(C(=O)c4ccc(C(F)(F)F)cc4)CC3)OC2=O)CC1. The van der Waals surface area contributed by atoms with Crippen LogP contribution in [0.1, 0.15) is 54.4 Å². The van der Waals surface area contributed by atoms with Crippen LogP contribution in [0.4, 0.5) is 18.0 Å². The van der Waals surface area contributed by atoms with E-state index in [1.54, 1.807) is 9.80 Å². The predicted octanol–water partition coefficient (Wildman–Crippen LogP) is 4.11. The maximum atomic E-state index is 12.8. The number of esters is 1. The number of ether oxygens (including phenoxy) is 2. The quantitative estimate of drug-likeness (QED) is 0.604. The van der Waals surface area contributed by atoms with Crippen LogP contribution in [-0.4, -0.2) is 66.7 Å². The van der Waals surface area contributed by atoms with E-state index in [1.807, 2.05) is 0 Å². The predicted molar refractivity (Wildman–Crippen MR) is 115 cm³/mol. The molecule has 7 nitrogen and oxygen atoms in total. The van der Waals surface area contributed by atoms with Gasteiger partial charge in [0, 0.05) is 38.0 Å². The highest BCUT2D eigenvalue weighted by Crippen LogP contribution is 2.36. The molecule has 3 fully saturated rings. The van der Waals surface area contributed by atoms with Crippen molar-refractivity contribution < 1.29 is 37.0 Å². The highest BCUT2D eigenvalue weighted by molar-refractivity contribution is 5.94. The van der Waals surface area contributed by atoms with Crippen molar-refractivity contribution in [3.8, 4) is 0 Å². The summed E-state index contributed by atoms with van der Waals surface area (Å²) >= 11 is 0. The monoisotopic (exact) mass is 482 g/mol. The van der Waals surface area contributed by atoms with Crippen LogP contribution in [0.25, 0.3) is 0 Å². The summed E-state index contributed by atoms with van der Waals surface area (Å²) in [5, 5.41) is 0. The Morgan fingerprint density at radius 2 is 1.71 bits per heavy atom. The van der Waals surface area contributed by atoms with Crippen molar-refractivity contribution in [2.45, 2.75) is 50.3 Å². The second-order valence-corrected chi connectivity index (χ2v) is 9.54. The van der Waals surface area contributed by atoms with Crippen LogP contribution in [0, 0.1) is 11.8 Å². The van der Waals surface area contributed by atoms with Crippen molar-refractivity contribution in [1.82, 2.24) is 9.80 Å². The molecule has 186 valence electrons. The van der Waals surface area contributed by atoms with Gasteiger partial charge in [-0.2, -0.15) is 13.2 Å². The third-order valence-corrected chi connectivity index (χ3v) is 7.32. The minimum absolute atomic E-state index is 0.0651. The molecule has 0 aromatic heterocycles. The van der Waals surface area contributed by atoms with Gasteiger partial charge < -0.3 is 19.3 Å². The number of nitrogens with zero attached hydrogens (tertiary/aromatic N) is 2. The third kappa shape index (κ3) is 5.15. The zero-order chi connectivity index (χ0) is 24.5. The van der Waals surface area contributed by atoms with E-state index >= 15 is 0 Å². The van der Waals surface area contributed by atoms with Crippen LogP contribution < -0.4 is 0 Å². The Bertz CT molecular complexity index is 918. The summed E-state index contributed by atoms with van der Waals surface area (Å²) in [6.45, 7) is 1.78. The minimum atomic E-state index is -4.45. The molecule has 2 saturated heterocycles. The van der Waals surface area contributed by atoms with Gasteiger partial charge >= 0.3 is 18.2 Å². The van der Waals surface area contributed by atoms with Gasteiger partial charge in [0.05, 0.1) is 25.1 Å². The summed E-state index contributed by atoms with van der Waals surface area (Å²) in [4.78, 5) is 40.3. The fourth-order valence-electron chi connectivity index (χ4n) is 5.25. The molecule has 3 aliphatic rings. The molecular weight excluding hydrogens is 453 g/mol. The van der Waals surface area contributed by atoms with Crippen LogP contribution in [0.2, 0.25) is 0 Å². The molecule has 1 aromatic rings. The number of benzene rings is 1. The maximum absolute atomic E-state index is 12.8. The lowest BCUT2D eigenvalue weighted by atomic mass is 9.81. The lowest BCUT2D eigenvalue weighted by molar-refractivity contribution is -0.146. The number of rotatable bonds is 4. The van der Waals surface area contributed by atoms with E-state index in [4.69, 9.17) is 9.47 Å². The van der Waals surface area contributed by atoms with Gasteiger partial charge in [-0.25, -0.2) is 4.79 Å². The lowest BCUT2D eigenvalue weighted by Gasteiger charge is -2.37. The molecule has 34 heavy (non-hydrogen) atoms. The van der Waals surface area contributed by atoms with E-state index in [9.17, 15) is 27.6 Å². The van der Waals surface area contributed by atoms with Crippen molar-refractivity contribution in [3.05, 3.63) is 35.4 Å². The molecule has 2 aliphatic heterocycles. The van der Waals surface area contributed by atoms with Gasteiger partial charge in [-0.1, -0.05) is 0 Å². The highest BCUT2D eigenvalue weighted by Gasteiger charge is 2.48. The van der Waals surface area contributed by atoms with Gasteiger partial charge in [0.1, 0.15) is 5.60 Å². The van der Waals surface area contributed by atoms with Gasteiger partial charge in [-0.3, -0.25) is 9.59 Å². The molecule has 0 atom stereocenters. The van der Waals surface area contributed by atoms with E-state index in [0.29, 0.717) is 44.9 Å². The zero-order valence-corrected chi connectivity index (χ0v) is 19.1. The molecule has 0 N–H and O–H groups in total. The van der Waals surface area contributed by atoms with Crippen LogP contribution in [0.5, 0.6) is 0 Å². The Morgan fingerprint density at radius 3 is 2.26 bits per heavy atom. The minimum Gasteiger partial charge on any atom is -0.469 e. The van der Waals surface area contributed by atoms with E-state index in [1.165, 1.54) is 19.2 Å². The number of alkyl halides is 3. The van der Waals surface area contributed by atoms with Crippen molar-refractivity contribution in [1.29, 1.82) is 0 Å². The number of halogens is 3. The third-order valence-electron chi connectivity index (χ3n) is 7.32. The van der Waals surface area contributed by atoms with Crippen molar-refractivity contribution in [3.63, 3.8) is 0 Å². The topological polar surface area (TPSA) is 76.2 Å². The fraction of sp³-hybridized carbons (Fsp3) is 0.625. The average molecular weight is 482 g/mol. The summed E-state index contributed by atoms with van der Waals surface area (Å²) in [5.41, 5.74) is -1.23. The van der Waals surface area contributed by atoms with Crippen LogP contribution >= 0.6 is 0 Å². The van der Waals surface area contributed by atoms with Crippen LogP contribution in [-0.2, 0) is 20.4 Å². The van der Waals surface area contributed by atoms with Gasteiger partial charge in [0.15, 0.2) is 0 Å². The lowest BCUT2D eigenvalue weighted by Crippen LogP contribution is -2.49. The number of methoxy groups -OCH3 is 1. The van der Waals surface area contributed by atoms with Crippen LogP contribution in [0.3, 0.4) is 0 Å². The van der Waals surface area contributed by atoms with Crippen molar-refractivity contribution in [2.24, 2.45) is 11.8 Å². The summed E-state index contributed by atoms with van der Waals surface area (Å²) < 4.78 is 48.9. The second kappa shape index (κ2) is 9.46. The van der Waals surface area contributed by atoms with Crippen molar-refractivity contribution >= 4 is 18.0 Å². The Kier molecular flexibility index (Phi) is 6.78. The van der Waals surface area contributed by atoms with E-state index in [0.717, 1.165) is 37.8 Å². The number of hydrogen-bond donors (Lipinski definition) is 0. The summed E-state index contributed by atoms with van der Waals surface area (Å²) in [6, 6.07) is 4.21. The summed E-state index contributed by atoms with van der Waals surface area (Å²) in [6.07, 6.45) is -0.611. The van der Waals surface area contributed by atoms with Gasteiger partial charge in [0.2, 0.25) is 0 Å². The van der Waals surface area contributed by atoms with E-state index in [2.05, 4.69) is 0 Å². The Labute approximate surface area is 196 Å². The Morgan fingerprint density at radius 1 is 1.09 bits per heavy atom. The molecule has 1 saturated carbocycles. The largest absolute Gasteiger partial charge is 0.469 e. The maximum Gasteiger partial charge on any atom is 0.416 e. The second-order valence-electron chi connectivity index (χ2n) is 9.54. The standard InChI is InChI=1S/C24H29F3N2O5/c1-33-21(31)18-4-2-16(3-5-18)14-29-15-23(34-22(29)32)10-12-28(13-11-23)20(30)17-6-8-19(9-7-17)24(25,26)27/h6-9,16,18H,2-5,10-15H2,1H3/t16-,18-. The Hall–Kier alpha value is -2.78. The molecule has 0 radical (unpaired) electrons. The first-order chi connectivity index (χ1) is 16.1. The first-order valence-electron chi connectivity index (χ1n) is 11.6. The highest BCUT2D eigenvalue weighted by atomic mass is 19.4. The first kappa shape index (κ1) is 24.3. The smallest absolute Gasteiger partial charge is 0.416 e. The molecule has 4 rings (SSSR count). The fourth-order valence-corrected chi connectivity index (χ4v) is 5.25. The summed E-state index contributed by atoms with van der Waals surface area (Å²) in [7, 11) is 1.40.